The van der Waals surface area contributed by atoms with Crippen molar-refractivity contribution in [3.05, 3.63) is 59.7 Å². The van der Waals surface area contributed by atoms with Crippen LogP contribution in [0.3, 0.4) is 0 Å². The van der Waals surface area contributed by atoms with E-state index in [4.69, 9.17) is 4.74 Å². The molecule has 174 valence electrons. The lowest BCUT2D eigenvalue weighted by Crippen LogP contribution is -2.51. The van der Waals surface area contributed by atoms with Crippen molar-refractivity contribution in [2.45, 2.75) is 32.9 Å². The van der Waals surface area contributed by atoms with Crippen LogP contribution in [0.5, 0.6) is 5.75 Å². The Labute approximate surface area is 190 Å². The largest absolute Gasteiger partial charge is 0.497 e. The summed E-state index contributed by atoms with van der Waals surface area (Å²) in [6.07, 6.45) is 1.43. The Balaban J connectivity index is 2.45. The molecule has 32 heavy (non-hydrogen) atoms. The first kappa shape index (κ1) is 25.2. The highest BCUT2D eigenvalue weighted by Crippen LogP contribution is 2.24. The number of likely N-dealkylation sites (N-methyl/N-ethyl adjacent to an activating group) is 1. The van der Waals surface area contributed by atoms with E-state index < -0.39 is 28.5 Å². The number of methoxy groups -OCH3 is 1. The second kappa shape index (κ2) is 11.0. The van der Waals surface area contributed by atoms with Crippen molar-refractivity contribution in [2.24, 2.45) is 0 Å². The molecule has 0 aliphatic carbocycles. The Morgan fingerprint density at radius 1 is 1.12 bits per heavy atom. The van der Waals surface area contributed by atoms with E-state index in [2.05, 4.69) is 5.32 Å². The zero-order valence-electron chi connectivity index (χ0n) is 19.2. The molecule has 0 aliphatic heterocycles. The summed E-state index contributed by atoms with van der Waals surface area (Å²) in [4.78, 5) is 27.5. The molecule has 0 fully saturated rings. The summed E-state index contributed by atoms with van der Waals surface area (Å²) >= 11 is 0. The summed E-state index contributed by atoms with van der Waals surface area (Å²) in [6, 6.07) is 13.3. The van der Waals surface area contributed by atoms with E-state index in [0.717, 1.165) is 21.7 Å². The highest BCUT2D eigenvalue weighted by molar-refractivity contribution is 7.92. The van der Waals surface area contributed by atoms with Crippen molar-refractivity contribution in [1.29, 1.82) is 0 Å². The number of hydrogen-bond donors (Lipinski definition) is 1. The summed E-state index contributed by atoms with van der Waals surface area (Å²) in [5.41, 5.74) is 2.17. The number of benzene rings is 2. The van der Waals surface area contributed by atoms with Gasteiger partial charge in [-0.05, 0) is 36.6 Å². The number of amides is 2. The van der Waals surface area contributed by atoms with Crippen LogP contribution in [0.2, 0.25) is 0 Å². The van der Waals surface area contributed by atoms with Gasteiger partial charge in [0, 0.05) is 19.7 Å². The van der Waals surface area contributed by atoms with Gasteiger partial charge in [-0.1, -0.05) is 37.3 Å². The van der Waals surface area contributed by atoms with Crippen molar-refractivity contribution in [2.75, 3.05) is 31.3 Å². The van der Waals surface area contributed by atoms with Crippen molar-refractivity contribution < 1.29 is 22.7 Å². The van der Waals surface area contributed by atoms with Crippen LogP contribution in [0.4, 0.5) is 5.69 Å². The summed E-state index contributed by atoms with van der Waals surface area (Å²) in [5.74, 6) is -0.309. The average molecular weight is 462 g/mol. The average Bonchev–Trinajstić information content (AvgIpc) is 2.77. The van der Waals surface area contributed by atoms with Crippen LogP contribution in [0.15, 0.2) is 48.5 Å². The fraction of sp³-hybridized carbons (Fsp3) is 0.391. The number of nitrogens with zero attached hydrogens (tertiary/aromatic N) is 2. The number of anilines is 1. The molecule has 2 rings (SSSR count). The van der Waals surface area contributed by atoms with Crippen molar-refractivity contribution in [1.82, 2.24) is 10.2 Å². The van der Waals surface area contributed by atoms with Crippen LogP contribution in [-0.2, 0) is 26.2 Å². The first-order valence-electron chi connectivity index (χ1n) is 10.3. The van der Waals surface area contributed by atoms with Gasteiger partial charge in [0.25, 0.3) is 0 Å². The smallest absolute Gasteiger partial charge is 0.244 e. The van der Waals surface area contributed by atoms with Gasteiger partial charge in [0.15, 0.2) is 0 Å². The minimum Gasteiger partial charge on any atom is -0.497 e. The van der Waals surface area contributed by atoms with Crippen LogP contribution in [0, 0.1) is 6.92 Å². The maximum atomic E-state index is 13.5. The lowest BCUT2D eigenvalue weighted by atomic mass is 10.1. The summed E-state index contributed by atoms with van der Waals surface area (Å²) in [7, 11) is -0.786. The number of aryl methyl sites for hydroxylation is 1. The SMILES string of the molecule is CCC(C(=O)NC)N(Cc1ccccc1C)C(=O)CN(c1cccc(OC)c1)S(C)(=O)=O. The second-order valence-corrected chi connectivity index (χ2v) is 9.36. The van der Waals surface area contributed by atoms with Gasteiger partial charge in [-0.25, -0.2) is 8.42 Å². The number of ether oxygens (including phenoxy) is 1. The number of sulfonamides is 1. The van der Waals surface area contributed by atoms with E-state index in [9.17, 15) is 18.0 Å². The number of nitrogens with one attached hydrogen (secondary N) is 1. The monoisotopic (exact) mass is 461 g/mol. The molecule has 2 aromatic rings. The zero-order valence-corrected chi connectivity index (χ0v) is 20.0. The molecule has 1 unspecified atom stereocenters. The van der Waals surface area contributed by atoms with E-state index in [1.165, 1.54) is 19.1 Å². The Morgan fingerprint density at radius 3 is 2.38 bits per heavy atom. The lowest BCUT2D eigenvalue weighted by molar-refractivity contribution is -0.140. The molecule has 9 heteroatoms. The molecule has 0 saturated carbocycles. The van der Waals surface area contributed by atoms with Crippen molar-refractivity contribution >= 4 is 27.5 Å². The van der Waals surface area contributed by atoms with Crippen LogP contribution in [0.1, 0.15) is 24.5 Å². The van der Waals surface area contributed by atoms with E-state index in [1.54, 1.807) is 24.3 Å². The molecule has 2 amide bonds. The normalized spacial score (nSPS) is 12.0. The molecule has 0 spiro atoms. The summed E-state index contributed by atoms with van der Waals surface area (Å²) in [5, 5.41) is 2.60. The third kappa shape index (κ3) is 6.23. The molecule has 0 aliphatic rings. The highest BCUT2D eigenvalue weighted by atomic mass is 32.2. The maximum absolute atomic E-state index is 13.5. The highest BCUT2D eigenvalue weighted by Gasteiger charge is 2.31. The molecule has 1 atom stereocenters. The summed E-state index contributed by atoms with van der Waals surface area (Å²) in [6.45, 7) is 3.49. The fourth-order valence-electron chi connectivity index (χ4n) is 3.44. The van der Waals surface area contributed by atoms with Crippen LogP contribution >= 0.6 is 0 Å². The minimum atomic E-state index is -3.78. The quantitative estimate of drug-likeness (QED) is 0.586. The van der Waals surface area contributed by atoms with Gasteiger partial charge in [0.2, 0.25) is 21.8 Å². The summed E-state index contributed by atoms with van der Waals surface area (Å²) < 4.78 is 31.4. The first-order valence-corrected chi connectivity index (χ1v) is 12.1. The molecule has 0 saturated heterocycles. The van der Waals surface area contributed by atoms with E-state index >= 15 is 0 Å². The Morgan fingerprint density at radius 2 is 1.81 bits per heavy atom. The molecule has 8 nitrogen and oxygen atoms in total. The third-order valence-electron chi connectivity index (χ3n) is 5.25. The molecule has 2 aromatic carbocycles. The van der Waals surface area contributed by atoms with Gasteiger partial charge in [-0.15, -0.1) is 0 Å². The van der Waals surface area contributed by atoms with Gasteiger partial charge in [-0.2, -0.15) is 0 Å². The van der Waals surface area contributed by atoms with E-state index in [-0.39, 0.29) is 12.5 Å². The number of carbonyl (C=O) groups excluding carboxylic acids is 2. The van der Waals surface area contributed by atoms with Crippen LogP contribution < -0.4 is 14.4 Å². The van der Waals surface area contributed by atoms with Gasteiger partial charge in [0.05, 0.1) is 19.1 Å². The van der Waals surface area contributed by atoms with Crippen LogP contribution in [-0.4, -0.2) is 58.1 Å². The van der Waals surface area contributed by atoms with Crippen molar-refractivity contribution in [3.63, 3.8) is 0 Å². The lowest BCUT2D eigenvalue weighted by Gasteiger charge is -2.33. The predicted octanol–water partition coefficient (Wildman–Crippen LogP) is 2.32. The molecule has 0 bridgehead atoms. The fourth-order valence-corrected chi connectivity index (χ4v) is 4.28. The van der Waals surface area contributed by atoms with Gasteiger partial charge in [0.1, 0.15) is 18.3 Å². The topological polar surface area (TPSA) is 96.0 Å². The molecule has 1 N–H and O–H groups in total. The van der Waals surface area contributed by atoms with Crippen LogP contribution in [0.25, 0.3) is 0 Å². The maximum Gasteiger partial charge on any atom is 0.244 e. The van der Waals surface area contributed by atoms with Gasteiger partial charge < -0.3 is 15.0 Å². The minimum absolute atomic E-state index is 0.188. The van der Waals surface area contributed by atoms with Gasteiger partial charge in [-0.3, -0.25) is 13.9 Å². The van der Waals surface area contributed by atoms with E-state index in [1.807, 2.05) is 38.1 Å². The number of rotatable bonds is 10. The number of carbonyl (C=O) groups is 2. The number of hydrogen-bond acceptors (Lipinski definition) is 5. The Hall–Kier alpha value is -3.07. The molecule has 0 aromatic heterocycles. The van der Waals surface area contributed by atoms with Gasteiger partial charge >= 0.3 is 0 Å². The standard InChI is InChI=1S/C23H31N3O5S/c1-6-21(23(28)24-3)25(15-18-11-8-7-10-17(18)2)22(27)16-26(32(5,29)30)19-12-9-13-20(14-19)31-4/h7-14,21H,6,15-16H2,1-5H3,(H,24,28). The second-order valence-electron chi connectivity index (χ2n) is 7.46. The first-order chi connectivity index (χ1) is 15.1. The molecular formula is C23H31N3O5S. The van der Waals surface area contributed by atoms with Crippen molar-refractivity contribution in [3.8, 4) is 5.75 Å². The predicted molar refractivity (Wildman–Crippen MR) is 125 cm³/mol. The van der Waals surface area contributed by atoms with E-state index in [0.29, 0.717) is 17.9 Å². The molecule has 0 heterocycles. The Kier molecular flexibility index (Phi) is 8.65. The Bertz CT molecular complexity index is 1060. The zero-order chi connectivity index (χ0) is 23.9. The molecular weight excluding hydrogens is 430 g/mol. The molecule has 0 radical (unpaired) electrons. The third-order valence-corrected chi connectivity index (χ3v) is 6.40.